The van der Waals surface area contributed by atoms with Crippen LogP contribution in [0.25, 0.3) is 0 Å². The molecule has 0 radical (unpaired) electrons. The van der Waals surface area contributed by atoms with E-state index in [1.54, 1.807) is 0 Å². The molecular formula is C18H23BrN2O2. The first-order valence-electron chi connectivity index (χ1n) is 10.4. The van der Waals surface area contributed by atoms with Gasteiger partial charge in [-0.3, -0.25) is 0 Å². The van der Waals surface area contributed by atoms with Gasteiger partial charge in [0.05, 0.1) is 13.0 Å². The monoisotopic (exact) mass is 383 g/mol. The highest BCUT2D eigenvalue weighted by molar-refractivity contribution is 9.10. The van der Waals surface area contributed by atoms with Crippen LogP contribution < -0.4 is 5.73 Å². The first-order valence-corrected chi connectivity index (χ1v) is 8.70. The molecule has 4 atom stereocenters. The molecule has 4 rings (SSSR count). The van der Waals surface area contributed by atoms with Crippen molar-refractivity contribution in [1.82, 2.24) is 0 Å². The zero-order valence-electron chi connectivity index (χ0n) is 17.9. The predicted molar refractivity (Wildman–Crippen MR) is 93.3 cm³/mol. The molecule has 1 unspecified atom stereocenters. The van der Waals surface area contributed by atoms with E-state index in [-0.39, 0.29) is 11.9 Å². The second-order valence-electron chi connectivity index (χ2n) is 7.00. The summed E-state index contributed by atoms with van der Waals surface area (Å²) in [6.07, 6.45) is 1.89. The molecule has 0 amide bonds. The fourth-order valence-electron chi connectivity index (χ4n) is 4.71. The van der Waals surface area contributed by atoms with Gasteiger partial charge in [0.2, 0.25) is 0 Å². The maximum absolute atomic E-state index is 8.70. The highest BCUT2D eigenvalue weighted by atomic mass is 79.9. The Hall–Kier alpha value is -1.07. The minimum atomic E-state index is -2.45. The van der Waals surface area contributed by atoms with Crippen molar-refractivity contribution in [2.24, 2.45) is 22.1 Å². The van der Waals surface area contributed by atoms with Crippen molar-refractivity contribution in [2.75, 3.05) is 13.6 Å². The van der Waals surface area contributed by atoms with Crippen LogP contribution in [-0.4, -0.2) is 25.7 Å². The van der Waals surface area contributed by atoms with Gasteiger partial charge in [0.15, 0.2) is 0 Å². The van der Waals surface area contributed by atoms with Crippen LogP contribution in [0.4, 0.5) is 0 Å². The van der Waals surface area contributed by atoms with Gasteiger partial charge in [0.25, 0.3) is 6.02 Å². The van der Waals surface area contributed by atoms with Crippen LogP contribution in [0.1, 0.15) is 44.2 Å². The topological polar surface area (TPSA) is 56.8 Å². The van der Waals surface area contributed by atoms with Crippen LogP contribution >= 0.6 is 15.9 Å². The standard InChI is InChI=1S/C18H23BrN2O2/c1-11-8-17(6-5-15(11)22-2)9-12-3-4-13(19)7-14(12)18(17)10-23-16(20)21-18/h3-4,7,11,15H,5-6,8-10H2,1-2H3,(H2,20,21)/t11-,15-,17-,18?/m1/s1/i2D3,10D2. The van der Waals surface area contributed by atoms with Crippen LogP contribution in [0.15, 0.2) is 27.7 Å². The summed E-state index contributed by atoms with van der Waals surface area (Å²) in [5.74, 6) is -0.0726. The third kappa shape index (κ3) is 2.09. The lowest BCUT2D eigenvalue weighted by Crippen LogP contribution is -2.48. The van der Waals surface area contributed by atoms with Gasteiger partial charge in [0, 0.05) is 16.9 Å². The molecule has 23 heavy (non-hydrogen) atoms. The Labute approximate surface area is 152 Å². The fourth-order valence-corrected chi connectivity index (χ4v) is 5.08. The number of amidine groups is 1. The number of nitrogens with two attached hydrogens (primary N) is 1. The number of rotatable bonds is 1. The normalized spacial score (nSPS) is 44.6. The van der Waals surface area contributed by atoms with Gasteiger partial charge in [0.1, 0.15) is 12.1 Å². The van der Waals surface area contributed by atoms with E-state index < -0.39 is 30.7 Å². The number of halogens is 1. The maximum Gasteiger partial charge on any atom is 0.283 e. The molecule has 1 saturated carbocycles. The van der Waals surface area contributed by atoms with Gasteiger partial charge >= 0.3 is 0 Å². The lowest BCUT2D eigenvalue weighted by atomic mass is 9.59. The lowest BCUT2D eigenvalue weighted by Gasteiger charge is -2.47. The Bertz CT molecular complexity index is 846. The number of methoxy groups -OCH3 is 1. The predicted octanol–water partition coefficient (Wildman–Crippen LogP) is 3.37. The molecule has 2 spiro atoms. The number of aliphatic imine (C=N–C) groups is 1. The molecule has 5 heteroatoms. The van der Waals surface area contributed by atoms with E-state index in [0.717, 1.165) is 15.6 Å². The molecule has 0 saturated heterocycles. The molecule has 2 aliphatic carbocycles. The quantitative estimate of drug-likeness (QED) is 0.808. The van der Waals surface area contributed by atoms with Crippen molar-refractivity contribution >= 4 is 22.0 Å². The summed E-state index contributed by atoms with van der Waals surface area (Å²) in [5.41, 5.74) is 5.86. The number of nitrogens with zero attached hydrogens (tertiary/aromatic N) is 1. The first kappa shape index (κ1) is 10.7. The van der Waals surface area contributed by atoms with Crippen molar-refractivity contribution < 1.29 is 16.3 Å². The van der Waals surface area contributed by atoms with Crippen LogP contribution in [0, 0.1) is 11.3 Å². The number of fused-ring (bicyclic) bond motifs is 3. The molecule has 124 valence electrons. The van der Waals surface area contributed by atoms with E-state index in [0.29, 0.717) is 25.7 Å². The van der Waals surface area contributed by atoms with E-state index in [4.69, 9.17) is 22.1 Å². The minimum absolute atomic E-state index is 0.0726. The Morgan fingerprint density at radius 3 is 3.13 bits per heavy atom. The van der Waals surface area contributed by atoms with Gasteiger partial charge in [-0.1, -0.05) is 28.9 Å². The van der Waals surface area contributed by atoms with E-state index in [9.17, 15) is 0 Å². The largest absolute Gasteiger partial charge is 0.462 e. The van der Waals surface area contributed by atoms with E-state index in [2.05, 4.69) is 20.9 Å². The fraction of sp³-hybridized carbons (Fsp3) is 0.611. The molecule has 4 nitrogen and oxygen atoms in total. The summed E-state index contributed by atoms with van der Waals surface area (Å²) in [4.78, 5) is 4.59. The SMILES string of the molecule is [2H]C([2H])([2H])O[C@@H]1CC[C@]2(Cc3ccc(Br)cc3C23N=C(N)OC3([2H])[2H])C[C@H]1C. The van der Waals surface area contributed by atoms with Gasteiger partial charge in [-0.05, 0) is 54.9 Å². The smallest absolute Gasteiger partial charge is 0.283 e. The summed E-state index contributed by atoms with van der Waals surface area (Å²) in [6.45, 7) is -0.136. The summed E-state index contributed by atoms with van der Waals surface area (Å²) < 4.78 is 51.2. The number of benzene rings is 1. The molecule has 1 aliphatic heterocycles. The summed E-state index contributed by atoms with van der Waals surface area (Å²) in [5, 5.41) is 0. The molecular weight excluding hydrogens is 356 g/mol. The van der Waals surface area contributed by atoms with Crippen molar-refractivity contribution in [3.05, 3.63) is 33.8 Å². The van der Waals surface area contributed by atoms with Crippen LogP contribution in [0.3, 0.4) is 0 Å². The first-order chi connectivity index (χ1) is 12.9. The molecule has 1 aromatic carbocycles. The number of ether oxygens (including phenoxy) is 2. The van der Waals surface area contributed by atoms with Gasteiger partial charge < -0.3 is 15.2 Å². The van der Waals surface area contributed by atoms with Gasteiger partial charge in [-0.2, -0.15) is 0 Å². The summed E-state index contributed by atoms with van der Waals surface area (Å²) in [7, 11) is -2.45. The molecule has 1 heterocycles. The average Bonchev–Trinajstić information content (AvgIpc) is 2.94. The van der Waals surface area contributed by atoms with Crippen molar-refractivity contribution in [1.29, 1.82) is 0 Å². The average molecular weight is 384 g/mol. The second-order valence-corrected chi connectivity index (χ2v) is 7.92. The molecule has 3 aliphatic rings. The summed E-state index contributed by atoms with van der Waals surface area (Å²) in [6, 6.07) is 5.69. The van der Waals surface area contributed by atoms with Gasteiger partial charge in [-0.25, -0.2) is 4.99 Å². The lowest BCUT2D eigenvalue weighted by molar-refractivity contribution is -0.0445. The van der Waals surface area contributed by atoms with Crippen LogP contribution in [-0.2, 0) is 21.4 Å². The second kappa shape index (κ2) is 5.21. The van der Waals surface area contributed by atoms with Crippen LogP contribution in [0.5, 0.6) is 0 Å². The molecule has 1 aromatic rings. The zero-order valence-corrected chi connectivity index (χ0v) is 14.5. The van der Waals surface area contributed by atoms with Crippen LogP contribution in [0.2, 0.25) is 0 Å². The van der Waals surface area contributed by atoms with Crippen molar-refractivity contribution in [2.45, 2.75) is 44.2 Å². The zero-order chi connectivity index (χ0) is 20.5. The summed E-state index contributed by atoms with van der Waals surface area (Å²) >= 11 is 3.49. The maximum atomic E-state index is 8.70. The number of hydrogen-bond donors (Lipinski definition) is 1. The minimum Gasteiger partial charge on any atom is -0.462 e. The van der Waals surface area contributed by atoms with Gasteiger partial charge in [-0.15, -0.1) is 0 Å². The van der Waals surface area contributed by atoms with E-state index >= 15 is 0 Å². The Morgan fingerprint density at radius 2 is 2.43 bits per heavy atom. The van der Waals surface area contributed by atoms with Crippen molar-refractivity contribution in [3.8, 4) is 0 Å². The van der Waals surface area contributed by atoms with Crippen molar-refractivity contribution in [3.63, 3.8) is 0 Å². The Morgan fingerprint density at radius 1 is 1.57 bits per heavy atom. The molecule has 0 aromatic heterocycles. The Balaban J connectivity index is 1.80. The van der Waals surface area contributed by atoms with E-state index in [1.807, 2.05) is 25.1 Å². The molecule has 0 bridgehead atoms. The van der Waals surface area contributed by atoms with E-state index in [1.165, 1.54) is 0 Å². The third-order valence-corrected chi connectivity index (χ3v) is 6.24. The molecule has 1 fully saturated rings. The molecule has 2 N–H and O–H groups in total. The highest BCUT2D eigenvalue weighted by Gasteiger charge is 2.62. The third-order valence-electron chi connectivity index (χ3n) is 5.75. The number of hydrogen-bond acceptors (Lipinski definition) is 4. The Kier molecular flexibility index (Phi) is 2.43. The highest BCUT2D eigenvalue weighted by Crippen LogP contribution is 2.62.